The van der Waals surface area contributed by atoms with Crippen molar-refractivity contribution in [2.24, 2.45) is 0 Å². The third-order valence-electron chi connectivity index (χ3n) is 5.66. The summed E-state index contributed by atoms with van der Waals surface area (Å²) in [6.45, 7) is 1.47. The average molecular weight is 468 g/mol. The van der Waals surface area contributed by atoms with Crippen LogP contribution in [0, 0.1) is 17.1 Å². The van der Waals surface area contributed by atoms with Crippen LogP contribution in [0.15, 0.2) is 72.8 Å². The molecule has 0 amide bonds. The van der Waals surface area contributed by atoms with E-state index in [-0.39, 0.29) is 11.3 Å². The number of hydrogen-bond acceptors (Lipinski definition) is 5. The standard InChI is InChI=1S/C27H18FN3O2S/c1-15(27(32)33)30-26-20-13-19(28)10-11-22(20)31-25(21(26)14-29)17-8-6-16(7-9-17)24-12-18-4-2-3-5-23(18)34-24/h2-13,15H,1H3,(H,30,31)(H,32,33). The van der Waals surface area contributed by atoms with Crippen LogP contribution in [-0.4, -0.2) is 22.1 Å². The Hall–Kier alpha value is -4.28. The van der Waals surface area contributed by atoms with Crippen LogP contribution in [0.25, 0.3) is 42.7 Å². The number of aliphatic carboxylic acids is 1. The quantitative estimate of drug-likeness (QED) is 0.301. The topological polar surface area (TPSA) is 86.0 Å². The summed E-state index contributed by atoms with van der Waals surface area (Å²) in [5.74, 6) is -1.58. The summed E-state index contributed by atoms with van der Waals surface area (Å²) < 4.78 is 15.2. The molecule has 1 unspecified atom stereocenters. The Morgan fingerprint density at radius 2 is 1.82 bits per heavy atom. The van der Waals surface area contributed by atoms with E-state index in [1.165, 1.54) is 35.2 Å². The van der Waals surface area contributed by atoms with Crippen molar-refractivity contribution in [3.05, 3.63) is 84.2 Å². The van der Waals surface area contributed by atoms with Crippen LogP contribution >= 0.6 is 11.3 Å². The van der Waals surface area contributed by atoms with Gasteiger partial charge < -0.3 is 10.4 Å². The SMILES string of the molecule is CC(Nc1c(C#N)c(-c2ccc(-c3cc4ccccc4s3)cc2)nc2ccc(F)cc12)C(=O)O. The van der Waals surface area contributed by atoms with Crippen molar-refractivity contribution in [3.8, 4) is 27.8 Å². The number of benzene rings is 3. The third kappa shape index (κ3) is 3.85. The second-order valence-electron chi connectivity index (χ2n) is 7.91. The maximum absolute atomic E-state index is 14.0. The molecule has 5 rings (SSSR count). The van der Waals surface area contributed by atoms with Gasteiger partial charge in [0.1, 0.15) is 23.5 Å². The fourth-order valence-electron chi connectivity index (χ4n) is 3.90. The zero-order chi connectivity index (χ0) is 23.8. The summed E-state index contributed by atoms with van der Waals surface area (Å²) in [7, 11) is 0. The highest BCUT2D eigenvalue weighted by atomic mass is 32.1. The number of carbonyl (C=O) groups is 1. The van der Waals surface area contributed by atoms with Crippen molar-refractivity contribution < 1.29 is 14.3 Å². The van der Waals surface area contributed by atoms with Gasteiger partial charge in [-0.3, -0.25) is 4.79 Å². The van der Waals surface area contributed by atoms with E-state index in [1.807, 2.05) is 36.4 Å². The normalized spacial score (nSPS) is 11.9. The molecule has 0 saturated heterocycles. The fraction of sp³-hybridized carbons (Fsp3) is 0.0741. The lowest BCUT2D eigenvalue weighted by atomic mass is 9.99. The van der Waals surface area contributed by atoms with Crippen LogP contribution in [0.1, 0.15) is 12.5 Å². The first-order valence-electron chi connectivity index (χ1n) is 10.6. The lowest BCUT2D eigenvalue weighted by molar-refractivity contribution is -0.137. The molecule has 0 saturated carbocycles. The van der Waals surface area contributed by atoms with E-state index in [0.717, 1.165) is 10.4 Å². The zero-order valence-corrected chi connectivity index (χ0v) is 18.9. The molecule has 0 radical (unpaired) electrons. The molecule has 34 heavy (non-hydrogen) atoms. The molecular formula is C27H18FN3O2S. The van der Waals surface area contributed by atoms with Gasteiger partial charge in [0.05, 0.1) is 16.9 Å². The molecule has 2 aromatic heterocycles. The fourth-order valence-corrected chi connectivity index (χ4v) is 4.97. The summed E-state index contributed by atoms with van der Waals surface area (Å²) in [4.78, 5) is 17.2. The minimum absolute atomic E-state index is 0.167. The smallest absolute Gasteiger partial charge is 0.325 e. The molecule has 2 heterocycles. The number of carboxylic acid groups (broad SMARTS) is 1. The molecular weight excluding hydrogens is 449 g/mol. The number of pyridine rings is 1. The maximum atomic E-state index is 14.0. The molecule has 5 nitrogen and oxygen atoms in total. The summed E-state index contributed by atoms with van der Waals surface area (Å²) in [6.07, 6.45) is 0. The molecule has 0 aliphatic carbocycles. The first-order valence-corrected chi connectivity index (χ1v) is 11.4. The van der Waals surface area contributed by atoms with Crippen LogP contribution in [-0.2, 0) is 4.79 Å². The molecule has 0 aliphatic rings. The van der Waals surface area contributed by atoms with E-state index in [9.17, 15) is 19.6 Å². The van der Waals surface area contributed by atoms with E-state index < -0.39 is 17.8 Å². The number of nitriles is 1. The third-order valence-corrected chi connectivity index (χ3v) is 6.82. The molecule has 0 aliphatic heterocycles. The summed E-state index contributed by atoms with van der Waals surface area (Å²) in [5, 5.41) is 23.8. The number of aromatic nitrogens is 1. The van der Waals surface area contributed by atoms with Crippen molar-refractivity contribution >= 4 is 44.0 Å². The van der Waals surface area contributed by atoms with Gasteiger partial charge in [0.15, 0.2) is 0 Å². The molecule has 2 N–H and O–H groups in total. The summed E-state index contributed by atoms with van der Waals surface area (Å²) >= 11 is 1.71. The Kier molecular flexibility index (Phi) is 5.44. The maximum Gasteiger partial charge on any atom is 0.325 e. The lowest BCUT2D eigenvalue weighted by Crippen LogP contribution is -2.26. The van der Waals surface area contributed by atoms with Gasteiger partial charge in [-0.25, -0.2) is 9.37 Å². The molecule has 7 heteroatoms. The van der Waals surface area contributed by atoms with Crippen molar-refractivity contribution in [1.82, 2.24) is 4.98 Å². The number of rotatable bonds is 5. The summed E-state index contributed by atoms with van der Waals surface area (Å²) in [6, 6.07) is 23.3. The zero-order valence-electron chi connectivity index (χ0n) is 18.0. The van der Waals surface area contributed by atoms with Crippen molar-refractivity contribution in [1.29, 1.82) is 5.26 Å². The molecule has 166 valence electrons. The molecule has 0 spiro atoms. The molecule has 1 atom stereocenters. The highest BCUT2D eigenvalue weighted by Crippen LogP contribution is 2.37. The van der Waals surface area contributed by atoms with Crippen LogP contribution in [0.5, 0.6) is 0 Å². The number of carboxylic acids is 1. The van der Waals surface area contributed by atoms with Gasteiger partial charge in [-0.1, -0.05) is 42.5 Å². The van der Waals surface area contributed by atoms with E-state index in [1.54, 1.807) is 11.3 Å². The minimum Gasteiger partial charge on any atom is -0.480 e. The van der Waals surface area contributed by atoms with Gasteiger partial charge in [-0.2, -0.15) is 5.26 Å². The Labute approximate surface area is 198 Å². The van der Waals surface area contributed by atoms with Crippen LogP contribution < -0.4 is 5.32 Å². The van der Waals surface area contributed by atoms with E-state index in [2.05, 4.69) is 34.6 Å². The van der Waals surface area contributed by atoms with E-state index >= 15 is 0 Å². The second-order valence-corrected chi connectivity index (χ2v) is 9.00. The van der Waals surface area contributed by atoms with Gasteiger partial charge in [-0.05, 0) is 48.2 Å². The number of anilines is 1. The highest BCUT2D eigenvalue weighted by Gasteiger charge is 2.21. The Bertz CT molecular complexity index is 1570. The van der Waals surface area contributed by atoms with E-state index in [0.29, 0.717) is 22.2 Å². The van der Waals surface area contributed by atoms with Gasteiger partial charge in [0.2, 0.25) is 0 Å². The predicted octanol–water partition coefficient (Wildman–Crippen LogP) is 6.68. The molecule has 3 aromatic carbocycles. The molecule has 0 bridgehead atoms. The number of hydrogen-bond donors (Lipinski definition) is 2. The number of halogens is 1. The summed E-state index contributed by atoms with van der Waals surface area (Å²) in [5.41, 5.74) is 3.04. The van der Waals surface area contributed by atoms with Crippen LogP contribution in [0.3, 0.4) is 0 Å². The first-order chi connectivity index (χ1) is 16.4. The predicted molar refractivity (Wildman–Crippen MR) is 133 cm³/mol. The molecule has 5 aromatic rings. The van der Waals surface area contributed by atoms with E-state index in [4.69, 9.17) is 0 Å². The van der Waals surface area contributed by atoms with Gasteiger partial charge in [0, 0.05) is 20.5 Å². The van der Waals surface area contributed by atoms with Crippen molar-refractivity contribution in [3.63, 3.8) is 0 Å². The number of fused-ring (bicyclic) bond motifs is 2. The van der Waals surface area contributed by atoms with Gasteiger partial charge >= 0.3 is 5.97 Å². The van der Waals surface area contributed by atoms with Gasteiger partial charge in [-0.15, -0.1) is 11.3 Å². The Morgan fingerprint density at radius 1 is 1.09 bits per heavy atom. The first kappa shape index (κ1) is 21.6. The monoisotopic (exact) mass is 467 g/mol. The van der Waals surface area contributed by atoms with Crippen LogP contribution in [0.4, 0.5) is 10.1 Å². The largest absolute Gasteiger partial charge is 0.480 e. The number of thiophene rings is 1. The Morgan fingerprint density at radius 3 is 2.53 bits per heavy atom. The average Bonchev–Trinajstić information content (AvgIpc) is 3.28. The second kappa shape index (κ2) is 8.58. The Balaban J connectivity index is 1.63. The lowest BCUT2D eigenvalue weighted by Gasteiger charge is -2.17. The minimum atomic E-state index is -1.08. The van der Waals surface area contributed by atoms with Crippen molar-refractivity contribution in [2.45, 2.75) is 13.0 Å². The van der Waals surface area contributed by atoms with Gasteiger partial charge in [0.25, 0.3) is 0 Å². The highest BCUT2D eigenvalue weighted by molar-refractivity contribution is 7.22. The number of nitrogens with zero attached hydrogens (tertiary/aromatic N) is 2. The van der Waals surface area contributed by atoms with Crippen LogP contribution in [0.2, 0.25) is 0 Å². The number of nitrogens with one attached hydrogen (secondary N) is 1. The van der Waals surface area contributed by atoms with Crippen molar-refractivity contribution in [2.75, 3.05) is 5.32 Å². The molecule has 0 fully saturated rings.